The molecule has 4 N–H and O–H groups in total. The van der Waals surface area contributed by atoms with Crippen molar-refractivity contribution in [1.29, 1.82) is 0 Å². The lowest BCUT2D eigenvalue weighted by Gasteiger charge is -2.16. The Labute approximate surface area is 87.7 Å². The lowest BCUT2D eigenvalue weighted by molar-refractivity contribution is -0.119. The molecule has 0 saturated heterocycles. The third kappa shape index (κ3) is 3.06. The molecule has 1 aromatic heterocycles. The normalized spacial score (nSPS) is 9.53. The summed E-state index contributed by atoms with van der Waals surface area (Å²) in [5.74, 6) is 6.03. The number of hydrogen-bond acceptors (Lipinski definition) is 6. The lowest BCUT2D eigenvalue weighted by Crippen LogP contribution is -2.33. The summed E-state index contributed by atoms with van der Waals surface area (Å²) in [6, 6.07) is 1.70. The first-order valence-electron chi connectivity index (χ1n) is 4.38. The standard InChI is InChI=1S/C8H14N6O/c1-10-7(15)5-14(2)6-3-4-11-8(12-6)13-9/h3-4H,5,9H2,1-2H3,(H,10,15)(H,11,12,13). The van der Waals surface area contributed by atoms with Crippen molar-refractivity contribution >= 4 is 17.7 Å². The van der Waals surface area contributed by atoms with E-state index in [1.165, 1.54) is 0 Å². The maximum atomic E-state index is 11.1. The molecule has 1 aromatic rings. The van der Waals surface area contributed by atoms with Crippen LogP contribution in [0.2, 0.25) is 0 Å². The molecular formula is C8H14N6O. The van der Waals surface area contributed by atoms with Crippen LogP contribution in [0.5, 0.6) is 0 Å². The number of hydrazine groups is 1. The molecule has 0 spiro atoms. The quantitative estimate of drug-likeness (QED) is 0.433. The second kappa shape index (κ2) is 5.11. The second-order valence-electron chi connectivity index (χ2n) is 2.91. The number of anilines is 2. The first-order valence-corrected chi connectivity index (χ1v) is 4.38. The van der Waals surface area contributed by atoms with Gasteiger partial charge in [0.05, 0.1) is 6.54 Å². The molecule has 0 fully saturated rings. The van der Waals surface area contributed by atoms with Crippen LogP contribution in [0.4, 0.5) is 11.8 Å². The third-order valence-corrected chi connectivity index (χ3v) is 1.82. The van der Waals surface area contributed by atoms with Crippen LogP contribution in [0.15, 0.2) is 12.3 Å². The van der Waals surface area contributed by atoms with Crippen molar-refractivity contribution in [3.05, 3.63) is 12.3 Å². The average molecular weight is 210 g/mol. The van der Waals surface area contributed by atoms with E-state index < -0.39 is 0 Å². The topological polar surface area (TPSA) is 96.2 Å². The maximum absolute atomic E-state index is 11.1. The van der Waals surface area contributed by atoms with E-state index in [1.54, 1.807) is 31.3 Å². The summed E-state index contributed by atoms with van der Waals surface area (Å²) in [6.45, 7) is 0.234. The smallest absolute Gasteiger partial charge is 0.239 e. The van der Waals surface area contributed by atoms with Gasteiger partial charge in [-0.1, -0.05) is 0 Å². The number of aromatic nitrogens is 2. The zero-order valence-electron chi connectivity index (χ0n) is 8.69. The van der Waals surface area contributed by atoms with Crippen LogP contribution >= 0.6 is 0 Å². The largest absolute Gasteiger partial charge is 0.358 e. The number of carbonyl (C=O) groups excluding carboxylic acids is 1. The monoisotopic (exact) mass is 210 g/mol. The van der Waals surface area contributed by atoms with Crippen molar-refractivity contribution in [1.82, 2.24) is 15.3 Å². The number of rotatable bonds is 4. The molecule has 0 bridgehead atoms. The van der Waals surface area contributed by atoms with Crippen LogP contribution in [-0.4, -0.2) is 36.5 Å². The van der Waals surface area contributed by atoms with Crippen LogP contribution in [0.1, 0.15) is 0 Å². The molecule has 15 heavy (non-hydrogen) atoms. The Morgan fingerprint density at radius 3 is 3.00 bits per heavy atom. The third-order valence-electron chi connectivity index (χ3n) is 1.82. The molecule has 7 heteroatoms. The van der Waals surface area contributed by atoms with E-state index in [0.717, 1.165) is 0 Å². The van der Waals surface area contributed by atoms with E-state index in [4.69, 9.17) is 5.84 Å². The first kappa shape index (κ1) is 11.2. The van der Waals surface area contributed by atoms with Gasteiger partial charge in [-0.2, -0.15) is 4.98 Å². The molecule has 0 aliphatic carbocycles. The van der Waals surface area contributed by atoms with Gasteiger partial charge in [0.25, 0.3) is 0 Å². The minimum Gasteiger partial charge on any atom is -0.358 e. The van der Waals surface area contributed by atoms with E-state index in [-0.39, 0.29) is 12.5 Å². The average Bonchev–Trinajstić information content (AvgIpc) is 2.28. The Kier molecular flexibility index (Phi) is 3.81. The van der Waals surface area contributed by atoms with E-state index in [2.05, 4.69) is 20.7 Å². The van der Waals surface area contributed by atoms with Gasteiger partial charge in [-0.3, -0.25) is 10.2 Å². The molecule has 0 unspecified atom stereocenters. The summed E-state index contributed by atoms with van der Waals surface area (Å²) >= 11 is 0. The summed E-state index contributed by atoms with van der Waals surface area (Å²) in [5, 5.41) is 2.53. The van der Waals surface area contributed by atoms with Gasteiger partial charge in [0.2, 0.25) is 11.9 Å². The Hall–Kier alpha value is -1.89. The van der Waals surface area contributed by atoms with Gasteiger partial charge in [0.15, 0.2) is 0 Å². The van der Waals surface area contributed by atoms with Crippen molar-refractivity contribution in [2.24, 2.45) is 5.84 Å². The Balaban J connectivity index is 2.72. The molecule has 82 valence electrons. The minimum atomic E-state index is -0.0848. The van der Waals surface area contributed by atoms with E-state index >= 15 is 0 Å². The Morgan fingerprint density at radius 1 is 1.67 bits per heavy atom. The predicted molar refractivity (Wildman–Crippen MR) is 57.2 cm³/mol. The van der Waals surface area contributed by atoms with Gasteiger partial charge >= 0.3 is 0 Å². The Bertz CT molecular complexity index is 342. The number of amides is 1. The second-order valence-corrected chi connectivity index (χ2v) is 2.91. The van der Waals surface area contributed by atoms with E-state index in [1.807, 2.05) is 0 Å². The lowest BCUT2D eigenvalue weighted by atomic mass is 10.4. The van der Waals surface area contributed by atoms with E-state index in [0.29, 0.717) is 11.8 Å². The molecule has 0 aliphatic heterocycles. The van der Waals surface area contributed by atoms with Crippen molar-refractivity contribution in [3.8, 4) is 0 Å². The molecule has 1 rings (SSSR count). The van der Waals surface area contributed by atoms with Crippen LogP contribution < -0.4 is 21.5 Å². The summed E-state index contributed by atoms with van der Waals surface area (Å²) in [4.78, 5) is 20.8. The fourth-order valence-corrected chi connectivity index (χ4v) is 1.01. The molecule has 0 saturated carbocycles. The van der Waals surface area contributed by atoms with Crippen LogP contribution in [0.3, 0.4) is 0 Å². The number of nitrogens with zero attached hydrogens (tertiary/aromatic N) is 3. The highest BCUT2D eigenvalue weighted by Crippen LogP contribution is 2.08. The highest BCUT2D eigenvalue weighted by atomic mass is 16.1. The fraction of sp³-hybridized carbons (Fsp3) is 0.375. The van der Waals surface area contributed by atoms with Crippen molar-refractivity contribution in [3.63, 3.8) is 0 Å². The predicted octanol–water partition coefficient (Wildman–Crippen LogP) is -1.06. The van der Waals surface area contributed by atoms with Gasteiger partial charge in [-0.05, 0) is 6.07 Å². The minimum absolute atomic E-state index is 0.0848. The van der Waals surface area contributed by atoms with Crippen molar-refractivity contribution < 1.29 is 4.79 Å². The van der Waals surface area contributed by atoms with Crippen LogP contribution in [0, 0.1) is 0 Å². The summed E-state index contributed by atoms with van der Waals surface area (Å²) in [7, 11) is 3.35. The maximum Gasteiger partial charge on any atom is 0.239 e. The highest BCUT2D eigenvalue weighted by Gasteiger charge is 2.07. The molecular weight excluding hydrogens is 196 g/mol. The van der Waals surface area contributed by atoms with Crippen molar-refractivity contribution in [2.75, 3.05) is 31.0 Å². The van der Waals surface area contributed by atoms with Gasteiger partial charge in [-0.25, -0.2) is 10.8 Å². The molecule has 7 nitrogen and oxygen atoms in total. The van der Waals surface area contributed by atoms with Crippen LogP contribution in [0.25, 0.3) is 0 Å². The zero-order chi connectivity index (χ0) is 11.3. The first-order chi connectivity index (χ1) is 7.17. The number of nitrogen functional groups attached to an aromatic ring is 1. The number of nitrogens with two attached hydrogens (primary N) is 1. The number of hydrogen-bond donors (Lipinski definition) is 3. The van der Waals surface area contributed by atoms with Gasteiger partial charge in [0.1, 0.15) is 5.82 Å². The number of carbonyl (C=O) groups is 1. The molecule has 0 aliphatic rings. The summed E-state index contributed by atoms with van der Waals surface area (Å²) in [5.41, 5.74) is 2.34. The molecule has 1 heterocycles. The molecule has 0 aromatic carbocycles. The molecule has 0 radical (unpaired) electrons. The number of likely N-dealkylation sites (N-methyl/N-ethyl adjacent to an activating group) is 2. The SMILES string of the molecule is CNC(=O)CN(C)c1ccnc(NN)n1. The molecule has 1 amide bonds. The number of nitrogens with one attached hydrogen (secondary N) is 2. The highest BCUT2D eigenvalue weighted by molar-refractivity contribution is 5.80. The molecule has 0 atom stereocenters. The Morgan fingerprint density at radius 2 is 2.40 bits per heavy atom. The van der Waals surface area contributed by atoms with Gasteiger partial charge in [0, 0.05) is 20.3 Å². The summed E-state index contributed by atoms with van der Waals surface area (Å²) in [6.07, 6.45) is 1.57. The van der Waals surface area contributed by atoms with E-state index in [9.17, 15) is 4.79 Å². The van der Waals surface area contributed by atoms with Gasteiger partial charge in [-0.15, -0.1) is 0 Å². The zero-order valence-corrected chi connectivity index (χ0v) is 8.69. The summed E-state index contributed by atoms with van der Waals surface area (Å²) < 4.78 is 0. The van der Waals surface area contributed by atoms with Gasteiger partial charge < -0.3 is 10.2 Å². The van der Waals surface area contributed by atoms with Crippen LogP contribution in [-0.2, 0) is 4.79 Å². The fourth-order valence-electron chi connectivity index (χ4n) is 1.01. The van der Waals surface area contributed by atoms with Crippen molar-refractivity contribution in [2.45, 2.75) is 0 Å².